The van der Waals surface area contributed by atoms with Crippen molar-refractivity contribution in [3.05, 3.63) is 53.3 Å². The third-order valence-electron chi connectivity index (χ3n) is 4.02. The van der Waals surface area contributed by atoms with Crippen molar-refractivity contribution in [2.45, 2.75) is 6.42 Å². The van der Waals surface area contributed by atoms with Gasteiger partial charge in [0.1, 0.15) is 11.6 Å². The van der Waals surface area contributed by atoms with E-state index in [2.05, 4.69) is 5.32 Å². The summed E-state index contributed by atoms with van der Waals surface area (Å²) in [6, 6.07) is 10.6. The number of halogens is 2. The minimum absolute atomic E-state index is 0.0663. The number of nitrogens with one attached hydrogen (secondary N) is 1. The summed E-state index contributed by atoms with van der Waals surface area (Å²) < 4.78 is 18.5. The van der Waals surface area contributed by atoms with Crippen LogP contribution in [0.3, 0.4) is 0 Å². The molecular weight excluding hydrogens is 347 g/mol. The maximum atomic E-state index is 13.2. The lowest BCUT2D eigenvalue weighted by molar-refractivity contribution is -0.122. The molecule has 0 saturated carbocycles. The van der Waals surface area contributed by atoms with Crippen LogP contribution in [0.15, 0.2) is 42.5 Å². The highest BCUT2D eigenvalue weighted by molar-refractivity contribution is 6.31. The normalized spacial score (nSPS) is 16.8. The van der Waals surface area contributed by atoms with E-state index in [1.54, 1.807) is 24.3 Å². The van der Waals surface area contributed by atoms with E-state index >= 15 is 0 Å². The van der Waals surface area contributed by atoms with E-state index < -0.39 is 11.7 Å². The fourth-order valence-electron chi connectivity index (χ4n) is 2.80. The lowest BCUT2D eigenvalue weighted by Crippen LogP contribution is -2.28. The molecule has 1 aliphatic rings. The molecule has 0 radical (unpaired) electrons. The number of amides is 2. The highest BCUT2D eigenvalue weighted by Gasteiger charge is 2.36. The molecule has 1 atom stereocenters. The van der Waals surface area contributed by atoms with E-state index in [9.17, 15) is 14.0 Å². The Kier molecular flexibility index (Phi) is 4.90. The molecule has 1 heterocycles. The molecule has 2 amide bonds. The zero-order chi connectivity index (χ0) is 18.0. The van der Waals surface area contributed by atoms with Crippen molar-refractivity contribution in [2.75, 3.05) is 23.9 Å². The maximum Gasteiger partial charge on any atom is 0.229 e. The van der Waals surface area contributed by atoms with Gasteiger partial charge in [-0.3, -0.25) is 9.59 Å². The van der Waals surface area contributed by atoms with Gasteiger partial charge >= 0.3 is 0 Å². The molecule has 0 bridgehead atoms. The minimum Gasteiger partial charge on any atom is -0.495 e. The Morgan fingerprint density at radius 2 is 2.12 bits per heavy atom. The summed E-state index contributed by atoms with van der Waals surface area (Å²) in [7, 11) is 1.50. The number of methoxy groups -OCH3 is 1. The summed E-state index contributed by atoms with van der Waals surface area (Å²) >= 11 is 6.01. The molecule has 0 spiro atoms. The third kappa shape index (κ3) is 3.74. The molecule has 130 valence electrons. The molecule has 2 aromatic carbocycles. The highest BCUT2D eigenvalue weighted by atomic mass is 35.5. The van der Waals surface area contributed by atoms with Crippen molar-refractivity contribution in [3.8, 4) is 5.75 Å². The predicted octanol–water partition coefficient (Wildman–Crippen LogP) is 3.48. The minimum atomic E-state index is -0.542. The number of nitrogens with zero attached hydrogens (tertiary/aromatic N) is 1. The van der Waals surface area contributed by atoms with Crippen molar-refractivity contribution >= 4 is 34.8 Å². The SMILES string of the molecule is COc1ccc(Cl)cc1N1CC(C(=O)Nc2cccc(F)c2)CC1=O. The molecule has 1 fully saturated rings. The monoisotopic (exact) mass is 362 g/mol. The summed E-state index contributed by atoms with van der Waals surface area (Å²) in [5.41, 5.74) is 0.886. The third-order valence-corrected chi connectivity index (χ3v) is 4.25. The van der Waals surface area contributed by atoms with Crippen LogP contribution in [0.4, 0.5) is 15.8 Å². The molecule has 1 N–H and O–H groups in total. The zero-order valence-electron chi connectivity index (χ0n) is 13.5. The van der Waals surface area contributed by atoms with E-state index in [0.29, 0.717) is 22.1 Å². The fraction of sp³-hybridized carbons (Fsp3) is 0.222. The van der Waals surface area contributed by atoms with Crippen LogP contribution in [0.25, 0.3) is 0 Å². The van der Waals surface area contributed by atoms with Gasteiger partial charge in [-0.15, -0.1) is 0 Å². The smallest absolute Gasteiger partial charge is 0.229 e. The highest BCUT2D eigenvalue weighted by Crippen LogP contribution is 2.35. The van der Waals surface area contributed by atoms with Gasteiger partial charge in [0.2, 0.25) is 11.8 Å². The summed E-state index contributed by atoms with van der Waals surface area (Å²) in [4.78, 5) is 26.2. The first kappa shape index (κ1) is 17.2. The predicted molar refractivity (Wildman–Crippen MR) is 93.5 cm³/mol. The Labute approximate surface area is 149 Å². The lowest BCUT2D eigenvalue weighted by Gasteiger charge is -2.19. The van der Waals surface area contributed by atoms with Crippen LogP contribution in [-0.4, -0.2) is 25.5 Å². The standard InChI is InChI=1S/C18H16ClFN2O3/c1-25-16-6-5-12(19)8-15(16)22-10-11(7-17(22)23)18(24)21-14-4-2-3-13(20)9-14/h2-6,8-9,11H,7,10H2,1H3,(H,21,24). The molecule has 25 heavy (non-hydrogen) atoms. The number of carbonyl (C=O) groups is 2. The number of rotatable bonds is 4. The number of hydrogen-bond acceptors (Lipinski definition) is 3. The van der Waals surface area contributed by atoms with E-state index in [-0.39, 0.29) is 24.8 Å². The molecule has 1 aliphatic heterocycles. The quantitative estimate of drug-likeness (QED) is 0.905. The van der Waals surface area contributed by atoms with Crippen LogP contribution in [0.2, 0.25) is 5.02 Å². The Morgan fingerprint density at radius 3 is 2.84 bits per heavy atom. The number of hydrogen-bond donors (Lipinski definition) is 1. The van der Waals surface area contributed by atoms with Gasteiger partial charge in [-0.05, 0) is 36.4 Å². The second-order valence-corrected chi connectivity index (χ2v) is 6.16. The maximum absolute atomic E-state index is 13.2. The summed E-state index contributed by atoms with van der Waals surface area (Å²) in [6.07, 6.45) is 0.0663. The Hall–Kier alpha value is -2.60. The van der Waals surface area contributed by atoms with Crippen LogP contribution < -0.4 is 15.0 Å². The van der Waals surface area contributed by atoms with Gasteiger partial charge in [0.25, 0.3) is 0 Å². The molecule has 5 nitrogen and oxygen atoms in total. The van der Waals surface area contributed by atoms with E-state index in [1.165, 1.54) is 30.2 Å². The number of anilines is 2. The average Bonchev–Trinajstić information content (AvgIpc) is 2.96. The first-order valence-corrected chi connectivity index (χ1v) is 8.06. The van der Waals surface area contributed by atoms with Crippen molar-refractivity contribution in [1.29, 1.82) is 0 Å². The van der Waals surface area contributed by atoms with Gasteiger partial charge in [0.05, 0.1) is 18.7 Å². The van der Waals surface area contributed by atoms with Crippen molar-refractivity contribution < 1.29 is 18.7 Å². The van der Waals surface area contributed by atoms with Gasteiger partial charge in [-0.1, -0.05) is 17.7 Å². The van der Waals surface area contributed by atoms with Gasteiger partial charge in [-0.2, -0.15) is 0 Å². The van der Waals surface area contributed by atoms with Crippen LogP contribution in [-0.2, 0) is 9.59 Å². The number of benzene rings is 2. The summed E-state index contributed by atoms with van der Waals surface area (Å²) in [6.45, 7) is 0.205. The van der Waals surface area contributed by atoms with Crippen molar-refractivity contribution in [1.82, 2.24) is 0 Å². The Bertz CT molecular complexity index is 828. The molecule has 0 aromatic heterocycles. The molecule has 0 aliphatic carbocycles. The lowest BCUT2D eigenvalue weighted by atomic mass is 10.1. The Morgan fingerprint density at radius 1 is 1.32 bits per heavy atom. The molecule has 1 saturated heterocycles. The second kappa shape index (κ2) is 7.11. The Balaban J connectivity index is 1.76. The van der Waals surface area contributed by atoms with E-state index in [1.807, 2.05) is 0 Å². The summed E-state index contributed by atoms with van der Waals surface area (Å²) in [5, 5.41) is 3.11. The van der Waals surface area contributed by atoms with Gasteiger partial charge in [0, 0.05) is 23.7 Å². The van der Waals surface area contributed by atoms with Crippen LogP contribution >= 0.6 is 11.6 Å². The topological polar surface area (TPSA) is 58.6 Å². The zero-order valence-corrected chi connectivity index (χ0v) is 14.2. The van der Waals surface area contributed by atoms with Crippen LogP contribution in [0.1, 0.15) is 6.42 Å². The number of ether oxygens (including phenoxy) is 1. The van der Waals surface area contributed by atoms with Gasteiger partial charge < -0.3 is 15.0 Å². The average molecular weight is 363 g/mol. The van der Waals surface area contributed by atoms with Crippen molar-refractivity contribution in [3.63, 3.8) is 0 Å². The first-order chi connectivity index (χ1) is 12.0. The first-order valence-electron chi connectivity index (χ1n) is 7.68. The van der Waals surface area contributed by atoms with Gasteiger partial charge in [0.15, 0.2) is 0 Å². The second-order valence-electron chi connectivity index (χ2n) is 5.72. The summed E-state index contributed by atoms with van der Waals surface area (Å²) in [5.74, 6) is -1.00. The van der Waals surface area contributed by atoms with Crippen LogP contribution in [0.5, 0.6) is 5.75 Å². The van der Waals surface area contributed by atoms with Gasteiger partial charge in [-0.25, -0.2) is 4.39 Å². The molecule has 1 unspecified atom stereocenters. The number of carbonyl (C=O) groups excluding carboxylic acids is 2. The van der Waals surface area contributed by atoms with Crippen LogP contribution in [0, 0.1) is 11.7 Å². The largest absolute Gasteiger partial charge is 0.495 e. The van der Waals surface area contributed by atoms with E-state index in [0.717, 1.165) is 0 Å². The molecule has 2 aromatic rings. The molecule has 7 heteroatoms. The van der Waals surface area contributed by atoms with Crippen molar-refractivity contribution in [2.24, 2.45) is 5.92 Å². The molecule has 3 rings (SSSR count). The fourth-order valence-corrected chi connectivity index (χ4v) is 2.97. The molecular formula is C18H16ClFN2O3. The van der Waals surface area contributed by atoms with E-state index in [4.69, 9.17) is 16.3 Å².